The lowest BCUT2D eigenvalue weighted by Gasteiger charge is -2.13. The second kappa shape index (κ2) is 11.7. The van der Waals surface area contributed by atoms with E-state index in [0.717, 1.165) is 36.7 Å². The maximum absolute atomic E-state index is 5.88. The Balaban J connectivity index is 1.44. The molecule has 1 aromatic carbocycles. The monoisotopic (exact) mass is 436 g/mol. The fourth-order valence-corrected chi connectivity index (χ4v) is 3.24. The smallest absolute Gasteiger partial charge is 0.219 e. The lowest BCUT2D eigenvalue weighted by Crippen LogP contribution is -2.37. The van der Waals surface area contributed by atoms with E-state index in [1.54, 1.807) is 13.2 Å². The average molecular weight is 437 g/mol. The van der Waals surface area contributed by atoms with Crippen molar-refractivity contribution < 1.29 is 9.47 Å². The topological polar surface area (TPSA) is 85.6 Å². The Morgan fingerprint density at radius 2 is 1.91 bits per heavy atom. The van der Waals surface area contributed by atoms with Crippen molar-refractivity contribution in [2.75, 3.05) is 20.2 Å². The van der Waals surface area contributed by atoms with Gasteiger partial charge in [-0.1, -0.05) is 18.2 Å². The van der Waals surface area contributed by atoms with E-state index in [1.165, 1.54) is 5.69 Å². The molecule has 0 aliphatic rings. The Kier molecular flexibility index (Phi) is 8.48. The van der Waals surface area contributed by atoms with Crippen molar-refractivity contribution in [1.29, 1.82) is 0 Å². The van der Waals surface area contributed by atoms with Crippen LogP contribution in [0.3, 0.4) is 0 Å². The van der Waals surface area contributed by atoms with Crippen LogP contribution in [0.25, 0.3) is 0 Å². The third-order valence-corrected chi connectivity index (χ3v) is 4.79. The van der Waals surface area contributed by atoms with Gasteiger partial charge in [-0.3, -0.25) is 9.67 Å². The number of hydrogen-bond donors (Lipinski definition) is 2. The fourth-order valence-electron chi connectivity index (χ4n) is 3.24. The van der Waals surface area contributed by atoms with Crippen molar-refractivity contribution in [3.05, 3.63) is 65.6 Å². The van der Waals surface area contributed by atoms with E-state index in [4.69, 9.17) is 9.47 Å². The second-order valence-corrected chi connectivity index (χ2v) is 7.34. The Morgan fingerprint density at radius 3 is 2.56 bits per heavy atom. The maximum Gasteiger partial charge on any atom is 0.219 e. The molecule has 8 nitrogen and oxygen atoms in total. The zero-order valence-corrected chi connectivity index (χ0v) is 19.3. The number of pyridine rings is 1. The highest BCUT2D eigenvalue weighted by molar-refractivity contribution is 5.79. The number of nitrogens with one attached hydrogen (secondary N) is 2. The normalized spacial score (nSPS) is 11.3. The van der Waals surface area contributed by atoms with E-state index in [9.17, 15) is 0 Å². The highest BCUT2D eigenvalue weighted by Gasteiger charge is 2.07. The molecule has 0 spiro atoms. The average Bonchev–Trinajstić information content (AvgIpc) is 3.12. The number of guanidine groups is 1. The van der Waals surface area contributed by atoms with Gasteiger partial charge in [0.1, 0.15) is 0 Å². The zero-order valence-electron chi connectivity index (χ0n) is 19.3. The van der Waals surface area contributed by atoms with Crippen LogP contribution in [0.5, 0.6) is 17.4 Å². The molecule has 32 heavy (non-hydrogen) atoms. The molecular weight excluding hydrogens is 404 g/mol. The maximum atomic E-state index is 5.88. The first-order valence-corrected chi connectivity index (χ1v) is 10.9. The van der Waals surface area contributed by atoms with Crippen LogP contribution < -0.4 is 20.1 Å². The number of aryl methyl sites for hydroxylation is 3. The number of aromatic nitrogens is 3. The van der Waals surface area contributed by atoms with E-state index >= 15 is 0 Å². The summed E-state index contributed by atoms with van der Waals surface area (Å²) in [5, 5.41) is 11.1. The van der Waals surface area contributed by atoms with Crippen molar-refractivity contribution in [2.45, 2.75) is 40.3 Å². The molecule has 170 valence electrons. The van der Waals surface area contributed by atoms with E-state index < -0.39 is 0 Å². The van der Waals surface area contributed by atoms with Gasteiger partial charge >= 0.3 is 0 Å². The number of hydrogen-bond acceptors (Lipinski definition) is 5. The van der Waals surface area contributed by atoms with Gasteiger partial charge in [-0.05, 0) is 51.0 Å². The van der Waals surface area contributed by atoms with Gasteiger partial charge in [-0.15, -0.1) is 0 Å². The molecule has 0 unspecified atom stereocenters. The van der Waals surface area contributed by atoms with Crippen LogP contribution in [0.4, 0.5) is 0 Å². The van der Waals surface area contributed by atoms with Crippen LogP contribution in [0, 0.1) is 13.8 Å². The highest BCUT2D eigenvalue weighted by Crippen LogP contribution is 2.30. The molecule has 0 radical (unpaired) electrons. The first-order valence-electron chi connectivity index (χ1n) is 10.9. The molecule has 0 aliphatic heterocycles. The standard InChI is InChI=1S/C24H32N6O2/c1-5-31-21-9-6-7-10-22(21)32-23-12-11-20(16-27-23)17-28-24(25-4)26-13-8-14-30-19(3)15-18(2)29-30/h6-7,9-12,15-16H,5,8,13-14,17H2,1-4H3,(H2,25,26,28). The van der Waals surface area contributed by atoms with Gasteiger partial charge in [0.25, 0.3) is 0 Å². The van der Waals surface area contributed by atoms with Crippen molar-refractivity contribution in [3.8, 4) is 17.4 Å². The summed E-state index contributed by atoms with van der Waals surface area (Å²) in [6, 6.07) is 13.5. The Bertz CT molecular complexity index is 1010. The number of rotatable bonds is 10. The van der Waals surface area contributed by atoms with Gasteiger partial charge in [0.15, 0.2) is 17.5 Å². The highest BCUT2D eigenvalue weighted by atomic mass is 16.5. The van der Waals surface area contributed by atoms with Gasteiger partial charge in [-0.25, -0.2) is 4.98 Å². The molecule has 0 saturated heterocycles. The SMILES string of the molecule is CCOc1ccccc1Oc1ccc(CNC(=NC)NCCCn2nc(C)cc2C)cn1. The molecule has 2 aromatic heterocycles. The molecule has 0 aliphatic carbocycles. The van der Waals surface area contributed by atoms with Crippen molar-refractivity contribution in [2.24, 2.45) is 4.99 Å². The first-order chi connectivity index (χ1) is 15.6. The summed E-state index contributed by atoms with van der Waals surface area (Å²) < 4.78 is 13.5. The minimum atomic E-state index is 0.521. The minimum Gasteiger partial charge on any atom is -0.490 e. The molecular formula is C24H32N6O2. The Hall–Kier alpha value is -3.55. The summed E-state index contributed by atoms with van der Waals surface area (Å²) in [6.45, 7) is 8.91. The number of nitrogens with zero attached hydrogens (tertiary/aromatic N) is 4. The largest absolute Gasteiger partial charge is 0.490 e. The predicted octanol–water partition coefficient (Wildman–Crippen LogP) is 3.84. The quantitative estimate of drug-likeness (QED) is 0.285. The fraction of sp³-hybridized carbons (Fsp3) is 0.375. The molecule has 3 aromatic rings. The number of benzene rings is 1. The van der Waals surface area contributed by atoms with E-state index in [1.807, 2.05) is 54.9 Å². The lowest BCUT2D eigenvalue weighted by molar-refractivity contribution is 0.319. The van der Waals surface area contributed by atoms with Crippen LogP contribution in [-0.4, -0.2) is 40.9 Å². The van der Waals surface area contributed by atoms with E-state index in [0.29, 0.717) is 30.5 Å². The molecule has 2 N–H and O–H groups in total. The van der Waals surface area contributed by atoms with Crippen LogP contribution in [-0.2, 0) is 13.1 Å². The first kappa shape index (κ1) is 23.1. The summed E-state index contributed by atoms with van der Waals surface area (Å²) in [7, 11) is 1.77. The van der Waals surface area contributed by atoms with Crippen LogP contribution >= 0.6 is 0 Å². The Labute approximate surface area is 189 Å². The predicted molar refractivity (Wildman–Crippen MR) is 126 cm³/mol. The molecule has 8 heteroatoms. The molecule has 2 heterocycles. The van der Waals surface area contributed by atoms with E-state index in [2.05, 4.69) is 38.7 Å². The molecule has 0 fully saturated rings. The summed E-state index contributed by atoms with van der Waals surface area (Å²) in [5.74, 6) is 2.63. The summed E-state index contributed by atoms with van der Waals surface area (Å²) >= 11 is 0. The van der Waals surface area contributed by atoms with Gasteiger partial charge in [0, 0.05) is 44.6 Å². The van der Waals surface area contributed by atoms with Crippen molar-refractivity contribution in [3.63, 3.8) is 0 Å². The number of ether oxygens (including phenoxy) is 2. The Morgan fingerprint density at radius 1 is 1.09 bits per heavy atom. The molecule has 0 amide bonds. The van der Waals surface area contributed by atoms with Gasteiger partial charge in [0.05, 0.1) is 12.3 Å². The minimum absolute atomic E-state index is 0.521. The summed E-state index contributed by atoms with van der Waals surface area (Å²) in [5.41, 5.74) is 3.27. The molecule has 0 bridgehead atoms. The van der Waals surface area contributed by atoms with E-state index in [-0.39, 0.29) is 0 Å². The third-order valence-electron chi connectivity index (χ3n) is 4.79. The van der Waals surface area contributed by atoms with Crippen molar-refractivity contribution in [1.82, 2.24) is 25.4 Å². The third kappa shape index (κ3) is 6.73. The number of aliphatic imine (C=N–C) groups is 1. The van der Waals surface area contributed by atoms with Crippen LogP contribution in [0.1, 0.15) is 30.3 Å². The van der Waals surface area contributed by atoms with Gasteiger partial charge in [0.2, 0.25) is 5.88 Å². The van der Waals surface area contributed by atoms with Crippen LogP contribution in [0.2, 0.25) is 0 Å². The molecule has 0 atom stereocenters. The molecule has 0 saturated carbocycles. The van der Waals surface area contributed by atoms with Gasteiger partial charge in [-0.2, -0.15) is 5.10 Å². The summed E-state index contributed by atoms with van der Waals surface area (Å²) in [4.78, 5) is 8.69. The zero-order chi connectivity index (χ0) is 22.8. The van der Waals surface area contributed by atoms with Crippen LogP contribution in [0.15, 0.2) is 53.7 Å². The molecule has 3 rings (SSSR count). The number of para-hydroxylation sites is 2. The van der Waals surface area contributed by atoms with Crippen molar-refractivity contribution >= 4 is 5.96 Å². The lowest BCUT2D eigenvalue weighted by atomic mass is 10.3. The second-order valence-electron chi connectivity index (χ2n) is 7.34. The van der Waals surface area contributed by atoms with Gasteiger partial charge < -0.3 is 20.1 Å². The summed E-state index contributed by atoms with van der Waals surface area (Å²) in [6.07, 6.45) is 2.75.